The molecule has 0 aliphatic carbocycles. The van der Waals surface area contributed by atoms with Crippen molar-refractivity contribution in [3.05, 3.63) is 35.9 Å². The highest BCUT2D eigenvalue weighted by Crippen LogP contribution is 2.27. The number of nitriles is 1. The summed E-state index contributed by atoms with van der Waals surface area (Å²) >= 11 is 1.33. The molecule has 0 unspecified atom stereocenters. The van der Waals surface area contributed by atoms with Crippen molar-refractivity contribution in [2.45, 2.75) is 25.0 Å². The average Bonchev–Trinajstić information content (AvgIpc) is 2.04. The van der Waals surface area contributed by atoms with E-state index in [-0.39, 0.29) is 4.75 Å². The van der Waals surface area contributed by atoms with Crippen molar-refractivity contribution in [1.29, 1.82) is 5.26 Å². The zero-order valence-corrected chi connectivity index (χ0v) is 8.77. The minimum absolute atomic E-state index is 0.0100. The zero-order chi connectivity index (χ0) is 9.73. The fraction of sp³-hybridized carbons (Fsp3) is 0.364. The largest absolute Gasteiger partial charge is 0.185 e. The van der Waals surface area contributed by atoms with E-state index in [1.165, 1.54) is 17.3 Å². The predicted molar refractivity (Wildman–Crippen MR) is 57.4 cm³/mol. The molecule has 1 aromatic carbocycles. The fourth-order valence-corrected chi connectivity index (χ4v) is 1.73. The van der Waals surface area contributed by atoms with E-state index in [4.69, 9.17) is 5.26 Å². The number of thiocyanates is 1. The predicted octanol–water partition coefficient (Wildman–Crippen LogP) is 3.22. The number of rotatable bonds is 3. The molecule has 0 bridgehead atoms. The van der Waals surface area contributed by atoms with Crippen molar-refractivity contribution in [1.82, 2.24) is 0 Å². The molecule has 0 atom stereocenters. The molecule has 0 saturated heterocycles. The van der Waals surface area contributed by atoms with Gasteiger partial charge in [-0.05, 0) is 37.6 Å². The second-order valence-corrected chi connectivity index (χ2v) is 5.11. The van der Waals surface area contributed by atoms with E-state index in [1.807, 2.05) is 18.2 Å². The van der Waals surface area contributed by atoms with Gasteiger partial charge in [0.15, 0.2) is 0 Å². The Hall–Kier alpha value is -0.940. The molecular weight excluding hydrogens is 178 g/mol. The summed E-state index contributed by atoms with van der Waals surface area (Å²) in [5.41, 5.74) is 1.29. The molecule has 1 rings (SSSR count). The number of nitrogens with zero attached hydrogens (tertiary/aromatic N) is 1. The molecule has 68 valence electrons. The first-order chi connectivity index (χ1) is 6.14. The van der Waals surface area contributed by atoms with E-state index in [0.29, 0.717) is 0 Å². The maximum atomic E-state index is 8.59. The van der Waals surface area contributed by atoms with E-state index in [9.17, 15) is 0 Å². The molecule has 2 heteroatoms. The molecule has 0 aromatic heterocycles. The molecular formula is C11H13NS. The molecule has 1 nitrogen and oxygen atoms in total. The summed E-state index contributed by atoms with van der Waals surface area (Å²) in [7, 11) is 0. The van der Waals surface area contributed by atoms with Crippen LogP contribution in [-0.2, 0) is 6.42 Å². The van der Waals surface area contributed by atoms with Crippen LogP contribution in [0.5, 0.6) is 0 Å². The molecule has 0 heterocycles. The van der Waals surface area contributed by atoms with Gasteiger partial charge in [0.05, 0.1) is 0 Å². The van der Waals surface area contributed by atoms with E-state index in [1.54, 1.807) is 0 Å². The van der Waals surface area contributed by atoms with Gasteiger partial charge >= 0.3 is 0 Å². The summed E-state index contributed by atoms with van der Waals surface area (Å²) in [4.78, 5) is 0. The van der Waals surface area contributed by atoms with Crippen molar-refractivity contribution in [2.24, 2.45) is 0 Å². The molecule has 0 aliphatic rings. The van der Waals surface area contributed by atoms with Crippen LogP contribution in [0.1, 0.15) is 19.4 Å². The van der Waals surface area contributed by atoms with Crippen LogP contribution in [0, 0.1) is 10.7 Å². The number of hydrogen-bond acceptors (Lipinski definition) is 2. The molecule has 13 heavy (non-hydrogen) atoms. The van der Waals surface area contributed by atoms with Gasteiger partial charge < -0.3 is 0 Å². The minimum Gasteiger partial charge on any atom is -0.185 e. The van der Waals surface area contributed by atoms with Crippen LogP contribution in [0.25, 0.3) is 0 Å². The first-order valence-electron chi connectivity index (χ1n) is 4.25. The topological polar surface area (TPSA) is 23.8 Å². The van der Waals surface area contributed by atoms with Crippen LogP contribution < -0.4 is 0 Å². The molecule has 0 spiro atoms. The van der Waals surface area contributed by atoms with Crippen molar-refractivity contribution < 1.29 is 0 Å². The highest BCUT2D eigenvalue weighted by atomic mass is 32.2. The van der Waals surface area contributed by atoms with Crippen molar-refractivity contribution in [3.63, 3.8) is 0 Å². The van der Waals surface area contributed by atoms with Gasteiger partial charge in [-0.15, -0.1) is 0 Å². The molecule has 0 N–H and O–H groups in total. The van der Waals surface area contributed by atoms with Gasteiger partial charge in [0.2, 0.25) is 0 Å². The number of hydrogen-bond donors (Lipinski definition) is 0. The first-order valence-corrected chi connectivity index (χ1v) is 5.07. The smallest absolute Gasteiger partial charge is 0.133 e. The van der Waals surface area contributed by atoms with E-state index in [2.05, 4.69) is 31.4 Å². The summed E-state index contributed by atoms with van der Waals surface area (Å²) in [5.74, 6) is 0. The fourth-order valence-electron chi connectivity index (χ4n) is 1.25. The zero-order valence-electron chi connectivity index (χ0n) is 7.95. The lowest BCUT2D eigenvalue weighted by atomic mass is 10.0. The van der Waals surface area contributed by atoms with Crippen molar-refractivity contribution in [2.75, 3.05) is 0 Å². The minimum atomic E-state index is 0.0100. The quantitative estimate of drug-likeness (QED) is 0.685. The summed E-state index contributed by atoms with van der Waals surface area (Å²) in [6, 6.07) is 10.3. The maximum Gasteiger partial charge on any atom is 0.133 e. The molecule has 1 aromatic rings. The Kier molecular flexibility index (Phi) is 3.39. The Bertz CT molecular complexity index is 298. The summed E-state index contributed by atoms with van der Waals surface area (Å²) in [5, 5.41) is 10.7. The van der Waals surface area contributed by atoms with Gasteiger partial charge in [-0.3, -0.25) is 0 Å². The van der Waals surface area contributed by atoms with Crippen molar-refractivity contribution in [3.8, 4) is 5.40 Å². The van der Waals surface area contributed by atoms with Crippen molar-refractivity contribution >= 4 is 11.8 Å². The summed E-state index contributed by atoms with van der Waals surface area (Å²) in [6.45, 7) is 4.18. The normalized spacial score (nSPS) is 10.8. The lowest BCUT2D eigenvalue weighted by molar-refractivity contribution is 0.711. The Morgan fingerprint density at radius 2 is 1.92 bits per heavy atom. The average molecular weight is 191 g/mol. The van der Waals surface area contributed by atoms with Crippen LogP contribution in [0.2, 0.25) is 0 Å². The van der Waals surface area contributed by atoms with E-state index >= 15 is 0 Å². The van der Waals surface area contributed by atoms with Crippen LogP contribution in [0.4, 0.5) is 0 Å². The van der Waals surface area contributed by atoms with Gasteiger partial charge in [0.25, 0.3) is 0 Å². The van der Waals surface area contributed by atoms with Crippen LogP contribution >= 0.6 is 11.8 Å². The third-order valence-electron chi connectivity index (χ3n) is 1.79. The molecule has 0 radical (unpaired) electrons. The second-order valence-electron chi connectivity index (χ2n) is 3.62. The summed E-state index contributed by atoms with van der Waals surface area (Å²) in [6.07, 6.45) is 0.937. The molecule has 0 fully saturated rings. The highest BCUT2D eigenvalue weighted by molar-refractivity contribution is 8.05. The van der Waals surface area contributed by atoms with E-state index < -0.39 is 0 Å². The number of thioether (sulfide) groups is 1. The lowest BCUT2D eigenvalue weighted by Gasteiger charge is -2.19. The Morgan fingerprint density at radius 3 is 2.46 bits per heavy atom. The Labute approximate surface area is 83.8 Å². The van der Waals surface area contributed by atoms with Crippen LogP contribution in [0.3, 0.4) is 0 Å². The van der Waals surface area contributed by atoms with Crippen LogP contribution in [-0.4, -0.2) is 4.75 Å². The lowest BCUT2D eigenvalue weighted by Crippen LogP contribution is -2.17. The highest BCUT2D eigenvalue weighted by Gasteiger charge is 2.18. The maximum absolute atomic E-state index is 8.59. The number of benzene rings is 1. The van der Waals surface area contributed by atoms with Gasteiger partial charge in [0.1, 0.15) is 5.40 Å². The summed E-state index contributed by atoms with van der Waals surface area (Å²) < 4.78 is 0.0100. The van der Waals surface area contributed by atoms with Gasteiger partial charge in [-0.25, -0.2) is 0 Å². The first kappa shape index (κ1) is 10.1. The molecule has 0 aliphatic heterocycles. The Balaban J connectivity index is 2.65. The second kappa shape index (κ2) is 4.34. The van der Waals surface area contributed by atoms with Gasteiger partial charge in [-0.2, -0.15) is 5.26 Å². The third kappa shape index (κ3) is 3.52. The molecule has 0 saturated carbocycles. The monoisotopic (exact) mass is 191 g/mol. The third-order valence-corrected chi connectivity index (χ3v) is 2.58. The molecule has 0 amide bonds. The van der Waals surface area contributed by atoms with Crippen LogP contribution in [0.15, 0.2) is 30.3 Å². The standard InChI is InChI=1S/C11H13NS/c1-11(2,13-9-12)8-10-6-4-3-5-7-10/h3-7H,8H2,1-2H3. The van der Waals surface area contributed by atoms with E-state index in [0.717, 1.165) is 6.42 Å². The SMILES string of the molecule is CC(C)(Cc1ccccc1)SC#N. The van der Waals surface area contributed by atoms with Gasteiger partial charge in [-0.1, -0.05) is 30.3 Å². The Morgan fingerprint density at radius 1 is 1.31 bits per heavy atom. The van der Waals surface area contributed by atoms with Gasteiger partial charge in [0, 0.05) is 4.75 Å².